The fourth-order valence-electron chi connectivity index (χ4n) is 0. The van der Waals surface area contributed by atoms with E-state index in [1.807, 2.05) is 6.92 Å². The minimum atomic E-state index is 0. The molecule has 0 unspecified atom stereocenters. The Morgan fingerprint density at radius 2 is 1.14 bits per heavy atom. The molecule has 0 saturated carbocycles. The Kier molecular flexibility index (Phi) is 503. The fraction of sp³-hybridized carbons (Fsp3) is 0.333. The summed E-state index contributed by atoms with van der Waals surface area (Å²) in [6.45, 7) is 5.50. The van der Waals surface area contributed by atoms with Gasteiger partial charge in [0.15, 0.2) is 0 Å². The van der Waals surface area contributed by atoms with Crippen molar-refractivity contribution in [1.82, 2.24) is 0 Å². The van der Waals surface area contributed by atoms with Crippen LogP contribution in [0.1, 0.15) is 13.3 Å². The van der Waals surface area contributed by atoms with Crippen LogP contribution in [0.25, 0.3) is 0 Å². The molecule has 7 heavy (non-hydrogen) atoms. The molecule has 0 nitrogen and oxygen atoms in total. The van der Waals surface area contributed by atoms with E-state index in [9.17, 15) is 0 Å². The van der Waals surface area contributed by atoms with Gasteiger partial charge in [-0.15, -0.1) is 0 Å². The first-order valence-electron chi connectivity index (χ1n) is 1.21. The fourth-order valence-corrected chi connectivity index (χ4v) is 0. The summed E-state index contributed by atoms with van der Waals surface area (Å²) in [5.41, 5.74) is 0. The van der Waals surface area contributed by atoms with Crippen molar-refractivity contribution in [2.75, 3.05) is 0 Å². The van der Waals surface area contributed by atoms with E-state index in [-0.39, 0.29) is 44.0 Å². The molecule has 0 saturated heterocycles. The summed E-state index contributed by atoms with van der Waals surface area (Å²) in [5.74, 6) is 0. The van der Waals surface area contributed by atoms with Gasteiger partial charge < -0.3 is 29.2 Å². The normalized spacial score (nSPS) is 2.57. The molecule has 1 heteroatoms. The van der Waals surface area contributed by atoms with Gasteiger partial charge in [0.1, 0.15) is 0 Å². The first kappa shape index (κ1) is 47.2. The molecule has 0 aliphatic heterocycles. The van der Waals surface area contributed by atoms with Crippen LogP contribution in [-0.4, -0.2) is 0 Å². The van der Waals surface area contributed by atoms with Crippen LogP contribution in [-0.2, 0) is 21.7 Å². The molecule has 0 radical (unpaired) electrons. The predicted octanol–water partition coefficient (Wildman–Crippen LogP) is 2.58. The van der Waals surface area contributed by atoms with Gasteiger partial charge in [-0.3, -0.25) is 0 Å². The first-order chi connectivity index (χ1) is 1.41. The van der Waals surface area contributed by atoms with Crippen molar-refractivity contribution in [2.45, 2.75) is 13.3 Å². The second kappa shape index (κ2) is 74.6. The van der Waals surface area contributed by atoms with Gasteiger partial charge >= 0.3 is 21.7 Å². The molecule has 0 fully saturated rings. The summed E-state index contributed by atoms with van der Waals surface area (Å²) in [7, 11) is 0. The van der Waals surface area contributed by atoms with Crippen molar-refractivity contribution in [1.29, 1.82) is 0 Å². The van der Waals surface area contributed by atoms with E-state index in [0.29, 0.717) is 0 Å². The van der Waals surface area contributed by atoms with Gasteiger partial charge in [0, 0.05) is 0 Å². The van der Waals surface area contributed by atoms with Crippen LogP contribution in [0.3, 0.4) is 0 Å². The third kappa shape index (κ3) is 292. The van der Waals surface area contributed by atoms with Crippen molar-refractivity contribution >= 4 is 0 Å². The Balaban J connectivity index is -0.00000000333. The Bertz CT molecular complexity index is 4.14. The molecule has 0 amide bonds. The minimum absolute atomic E-state index is 0. The van der Waals surface area contributed by atoms with Crippen LogP contribution < -0.4 is 0 Å². The summed E-state index contributed by atoms with van der Waals surface area (Å²) in [6.07, 6.45) is 1.00. The molecular formula is C6H16Ti. The predicted molar refractivity (Wildman–Crippen MR) is 34.9 cm³/mol. The second-order valence-corrected chi connectivity index (χ2v) is 0.500. The molecule has 44 valence electrons. The quantitative estimate of drug-likeness (QED) is 0.354. The number of hydrogen-bond acceptors (Lipinski definition) is 0. The van der Waals surface area contributed by atoms with Crippen LogP contribution in [0.4, 0.5) is 0 Å². The third-order valence-corrected chi connectivity index (χ3v) is 0. The van der Waals surface area contributed by atoms with Gasteiger partial charge in [0.2, 0.25) is 0 Å². The van der Waals surface area contributed by atoms with Gasteiger partial charge in [0.05, 0.1) is 0 Å². The summed E-state index contributed by atoms with van der Waals surface area (Å²) in [4.78, 5) is 0. The van der Waals surface area contributed by atoms with E-state index >= 15 is 0 Å². The monoisotopic (exact) mass is 136 g/mol. The minimum Gasteiger partial charge on any atom is -0.358 e. The topological polar surface area (TPSA) is 0 Å². The molecule has 0 atom stereocenters. The van der Waals surface area contributed by atoms with Gasteiger partial charge in [-0.2, -0.15) is 6.42 Å². The summed E-state index contributed by atoms with van der Waals surface area (Å²) in [5, 5.41) is 0. The summed E-state index contributed by atoms with van der Waals surface area (Å²) >= 11 is 0. The van der Waals surface area contributed by atoms with E-state index in [0.717, 1.165) is 6.42 Å². The summed E-state index contributed by atoms with van der Waals surface area (Å²) in [6, 6.07) is 0. The van der Waals surface area contributed by atoms with Crippen LogP contribution in [0.2, 0.25) is 0 Å². The van der Waals surface area contributed by atoms with Crippen LogP contribution in [0.5, 0.6) is 0 Å². The molecular weight excluding hydrogens is 120 g/mol. The van der Waals surface area contributed by atoms with Gasteiger partial charge in [-0.1, -0.05) is 6.92 Å². The SMILES string of the molecule is [CH2-]CC.[CH3-].[CH3-].[CH3-].[Ti+4]. The largest absolute Gasteiger partial charge is 4.00 e. The molecule has 0 aliphatic carbocycles. The smallest absolute Gasteiger partial charge is 0.358 e. The summed E-state index contributed by atoms with van der Waals surface area (Å²) < 4.78 is 0. The van der Waals surface area contributed by atoms with Crippen LogP contribution in [0, 0.1) is 29.2 Å². The van der Waals surface area contributed by atoms with E-state index in [4.69, 9.17) is 0 Å². The maximum absolute atomic E-state index is 3.49. The van der Waals surface area contributed by atoms with E-state index < -0.39 is 0 Å². The molecule has 0 N–H and O–H groups in total. The Morgan fingerprint density at radius 1 is 1.14 bits per heavy atom. The van der Waals surface area contributed by atoms with Crippen molar-refractivity contribution < 1.29 is 21.7 Å². The molecule has 0 spiro atoms. The number of rotatable bonds is 0. The Labute approximate surface area is 64.6 Å². The van der Waals surface area contributed by atoms with Gasteiger partial charge in [0.25, 0.3) is 0 Å². The standard InChI is InChI=1S/C3H7.3CH3.Ti/c1-3-2;;;;/h1,3H2,2H3;3*1H3;/q4*-1;+4. The second-order valence-electron chi connectivity index (χ2n) is 0.500. The maximum atomic E-state index is 3.49. The first-order valence-corrected chi connectivity index (χ1v) is 1.21. The van der Waals surface area contributed by atoms with Gasteiger partial charge in [-0.25, -0.2) is 0 Å². The van der Waals surface area contributed by atoms with Crippen molar-refractivity contribution in [3.8, 4) is 0 Å². The zero-order valence-electron chi connectivity index (χ0n) is 5.91. The molecule has 0 aromatic carbocycles. The van der Waals surface area contributed by atoms with E-state index in [2.05, 4.69) is 6.92 Å². The van der Waals surface area contributed by atoms with Crippen molar-refractivity contribution in [3.05, 3.63) is 29.2 Å². The van der Waals surface area contributed by atoms with Crippen molar-refractivity contribution in [2.24, 2.45) is 0 Å². The van der Waals surface area contributed by atoms with Crippen LogP contribution in [0.15, 0.2) is 0 Å². The van der Waals surface area contributed by atoms with Crippen molar-refractivity contribution in [3.63, 3.8) is 0 Å². The Hall–Kier alpha value is 0.714. The van der Waals surface area contributed by atoms with Gasteiger partial charge in [-0.05, 0) is 0 Å². The molecule has 0 bridgehead atoms. The molecule has 0 aliphatic rings. The average molecular weight is 136 g/mol. The maximum Gasteiger partial charge on any atom is 4.00 e. The zero-order chi connectivity index (χ0) is 2.71. The Morgan fingerprint density at radius 3 is 1.14 bits per heavy atom. The zero-order valence-corrected chi connectivity index (χ0v) is 7.48. The van der Waals surface area contributed by atoms with E-state index in [1.165, 1.54) is 0 Å². The third-order valence-electron chi connectivity index (χ3n) is 0. The van der Waals surface area contributed by atoms with E-state index in [1.54, 1.807) is 0 Å². The number of hydrogen-bond donors (Lipinski definition) is 0. The molecule has 0 aromatic heterocycles. The molecule has 0 heterocycles. The molecule has 0 rings (SSSR count). The molecule has 0 aromatic rings. The van der Waals surface area contributed by atoms with Crippen LogP contribution >= 0.6 is 0 Å². The average Bonchev–Trinajstić information content (AvgIpc) is 0.918.